The smallest absolute Gasteiger partial charge is 0.182 e. The predicted molar refractivity (Wildman–Crippen MR) is 69.4 cm³/mol. The van der Waals surface area contributed by atoms with E-state index in [0.29, 0.717) is 18.1 Å². The number of anilines is 1. The van der Waals surface area contributed by atoms with Gasteiger partial charge in [0.15, 0.2) is 11.6 Å². The maximum absolute atomic E-state index is 13.7. The molecule has 0 aromatic heterocycles. The molecule has 5 heteroatoms. The molecule has 0 aliphatic heterocycles. The van der Waals surface area contributed by atoms with Crippen molar-refractivity contribution in [3.63, 3.8) is 0 Å². The van der Waals surface area contributed by atoms with Crippen molar-refractivity contribution in [2.75, 3.05) is 5.32 Å². The molecule has 1 nitrogen and oxygen atoms in total. The van der Waals surface area contributed by atoms with Crippen molar-refractivity contribution < 1.29 is 17.6 Å². The average molecular weight is 283 g/mol. The van der Waals surface area contributed by atoms with Crippen LogP contribution in [-0.2, 0) is 0 Å². The first kappa shape index (κ1) is 14.4. The molecule has 2 aromatic carbocycles. The maximum atomic E-state index is 13.7. The summed E-state index contributed by atoms with van der Waals surface area (Å²) in [4.78, 5) is 0. The van der Waals surface area contributed by atoms with E-state index in [1.807, 2.05) is 0 Å². The first-order valence-electron chi connectivity index (χ1n) is 6.18. The second-order valence-electron chi connectivity index (χ2n) is 4.38. The minimum Gasteiger partial charge on any atom is -0.376 e. The van der Waals surface area contributed by atoms with E-state index in [0.717, 1.165) is 6.07 Å². The Kier molecular flexibility index (Phi) is 4.27. The van der Waals surface area contributed by atoms with Gasteiger partial charge in [-0.1, -0.05) is 25.1 Å². The van der Waals surface area contributed by atoms with E-state index in [-0.39, 0.29) is 5.69 Å². The lowest BCUT2D eigenvalue weighted by Crippen LogP contribution is -2.13. The molecule has 0 aliphatic rings. The lowest BCUT2D eigenvalue weighted by Gasteiger charge is -2.20. The Labute approximate surface area is 114 Å². The van der Waals surface area contributed by atoms with Crippen LogP contribution in [-0.4, -0.2) is 0 Å². The molecule has 0 heterocycles. The summed E-state index contributed by atoms with van der Waals surface area (Å²) in [6.45, 7) is 1.76. The number of benzene rings is 2. The van der Waals surface area contributed by atoms with Gasteiger partial charge in [0.2, 0.25) is 0 Å². The Balaban J connectivity index is 2.34. The third-order valence-corrected chi connectivity index (χ3v) is 3.01. The summed E-state index contributed by atoms with van der Waals surface area (Å²) in [6, 6.07) is 6.74. The minimum atomic E-state index is -1.28. The normalized spacial score (nSPS) is 12.2. The van der Waals surface area contributed by atoms with E-state index in [1.54, 1.807) is 19.1 Å². The van der Waals surface area contributed by atoms with Crippen LogP contribution in [0.3, 0.4) is 0 Å². The third kappa shape index (κ3) is 2.92. The standard InChI is InChI=1S/C15H13F4N/c1-2-13(10-5-3-4-6-11(10)17)20-14-8-9(16)7-12(18)15(14)19/h3-8,13,20H,2H2,1H3. The second kappa shape index (κ2) is 5.94. The Bertz CT molecular complexity index is 613. The number of rotatable bonds is 4. The number of hydrogen-bond donors (Lipinski definition) is 1. The quantitative estimate of drug-likeness (QED) is 0.627. The van der Waals surface area contributed by atoms with Gasteiger partial charge in [0.1, 0.15) is 11.6 Å². The van der Waals surface area contributed by atoms with Gasteiger partial charge >= 0.3 is 0 Å². The van der Waals surface area contributed by atoms with E-state index in [2.05, 4.69) is 5.32 Å². The first-order valence-corrected chi connectivity index (χ1v) is 6.18. The molecule has 0 radical (unpaired) electrons. The largest absolute Gasteiger partial charge is 0.376 e. The third-order valence-electron chi connectivity index (χ3n) is 3.01. The van der Waals surface area contributed by atoms with E-state index in [4.69, 9.17) is 0 Å². The highest BCUT2D eigenvalue weighted by molar-refractivity contribution is 5.47. The van der Waals surface area contributed by atoms with Gasteiger partial charge in [-0.15, -0.1) is 0 Å². The fraction of sp³-hybridized carbons (Fsp3) is 0.200. The van der Waals surface area contributed by atoms with Crippen LogP contribution < -0.4 is 5.32 Å². The van der Waals surface area contributed by atoms with Crippen molar-refractivity contribution in [3.05, 3.63) is 65.2 Å². The summed E-state index contributed by atoms with van der Waals surface area (Å²) >= 11 is 0. The predicted octanol–water partition coefficient (Wildman–Crippen LogP) is 4.81. The summed E-state index contributed by atoms with van der Waals surface area (Å²) in [5, 5.41) is 2.64. The van der Waals surface area contributed by atoms with Gasteiger partial charge in [-0.2, -0.15) is 0 Å². The SMILES string of the molecule is CCC(Nc1cc(F)cc(F)c1F)c1ccccc1F. The lowest BCUT2D eigenvalue weighted by atomic mass is 10.0. The van der Waals surface area contributed by atoms with Crippen LogP contribution in [0.5, 0.6) is 0 Å². The van der Waals surface area contributed by atoms with E-state index >= 15 is 0 Å². The molecule has 1 N–H and O–H groups in total. The molecule has 1 unspecified atom stereocenters. The van der Waals surface area contributed by atoms with E-state index in [1.165, 1.54) is 12.1 Å². The molecule has 2 aromatic rings. The van der Waals surface area contributed by atoms with Crippen LogP contribution in [0.2, 0.25) is 0 Å². The molecule has 0 saturated carbocycles. The summed E-state index contributed by atoms with van der Waals surface area (Å²) < 4.78 is 53.6. The molecule has 2 rings (SSSR count). The lowest BCUT2D eigenvalue weighted by molar-refractivity contribution is 0.495. The number of nitrogens with one attached hydrogen (secondary N) is 1. The van der Waals surface area contributed by atoms with E-state index in [9.17, 15) is 17.6 Å². The molecular formula is C15H13F4N. The minimum absolute atomic E-state index is 0.319. The Morgan fingerprint density at radius 2 is 1.70 bits per heavy atom. The van der Waals surface area contributed by atoms with Crippen molar-refractivity contribution >= 4 is 5.69 Å². The monoisotopic (exact) mass is 283 g/mol. The molecule has 0 fully saturated rings. The van der Waals surface area contributed by atoms with Gasteiger partial charge in [0, 0.05) is 17.7 Å². The van der Waals surface area contributed by atoms with Gasteiger partial charge in [0.25, 0.3) is 0 Å². The van der Waals surface area contributed by atoms with Crippen LogP contribution in [0.1, 0.15) is 24.9 Å². The molecule has 0 spiro atoms. The van der Waals surface area contributed by atoms with Gasteiger partial charge in [-0.25, -0.2) is 17.6 Å². The highest BCUT2D eigenvalue weighted by Crippen LogP contribution is 2.27. The van der Waals surface area contributed by atoms with Crippen molar-refractivity contribution in [2.45, 2.75) is 19.4 Å². The molecular weight excluding hydrogens is 270 g/mol. The Morgan fingerprint density at radius 3 is 2.35 bits per heavy atom. The molecule has 1 atom stereocenters. The average Bonchev–Trinajstić information content (AvgIpc) is 2.42. The van der Waals surface area contributed by atoms with Crippen LogP contribution in [0.4, 0.5) is 23.2 Å². The number of halogens is 4. The molecule has 0 aliphatic carbocycles. The van der Waals surface area contributed by atoms with Crippen LogP contribution >= 0.6 is 0 Å². The fourth-order valence-electron chi connectivity index (χ4n) is 2.01. The van der Waals surface area contributed by atoms with Crippen molar-refractivity contribution in [1.29, 1.82) is 0 Å². The highest BCUT2D eigenvalue weighted by Gasteiger charge is 2.17. The van der Waals surface area contributed by atoms with Crippen LogP contribution in [0.25, 0.3) is 0 Å². The van der Waals surface area contributed by atoms with Gasteiger partial charge in [0.05, 0.1) is 11.7 Å². The Morgan fingerprint density at radius 1 is 1.00 bits per heavy atom. The zero-order valence-corrected chi connectivity index (χ0v) is 10.8. The summed E-state index contributed by atoms with van der Waals surface area (Å²) in [6.07, 6.45) is 0.429. The molecule has 0 saturated heterocycles. The van der Waals surface area contributed by atoms with Crippen LogP contribution in [0, 0.1) is 23.3 Å². The summed E-state index contributed by atoms with van der Waals surface area (Å²) in [7, 11) is 0. The summed E-state index contributed by atoms with van der Waals surface area (Å²) in [5.41, 5.74) is -0.00308. The zero-order chi connectivity index (χ0) is 14.7. The van der Waals surface area contributed by atoms with Crippen molar-refractivity contribution in [1.82, 2.24) is 0 Å². The fourth-order valence-corrected chi connectivity index (χ4v) is 2.01. The topological polar surface area (TPSA) is 12.0 Å². The van der Waals surface area contributed by atoms with E-state index < -0.39 is 29.3 Å². The highest BCUT2D eigenvalue weighted by atomic mass is 19.2. The van der Waals surface area contributed by atoms with Crippen LogP contribution in [0.15, 0.2) is 36.4 Å². The van der Waals surface area contributed by atoms with Crippen molar-refractivity contribution in [2.24, 2.45) is 0 Å². The molecule has 20 heavy (non-hydrogen) atoms. The van der Waals surface area contributed by atoms with Gasteiger partial charge < -0.3 is 5.32 Å². The first-order chi connectivity index (χ1) is 9.52. The maximum Gasteiger partial charge on any atom is 0.182 e. The summed E-state index contributed by atoms with van der Waals surface area (Å²) in [5.74, 6) is -3.81. The Hall–Kier alpha value is -2.04. The second-order valence-corrected chi connectivity index (χ2v) is 4.38. The van der Waals surface area contributed by atoms with Gasteiger partial charge in [-0.3, -0.25) is 0 Å². The molecule has 0 amide bonds. The zero-order valence-electron chi connectivity index (χ0n) is 10.8. The van der Waals surface area contributed by atoms with Gasteiger partial charge in [-0.05, 0) is 12.5 Å². The molecule has 0 bridgehead atoms. The number of hydrogen-bond acceptors (Lipinski definition) is 1. The van der Waals surface area contributed by atoms with Crippen molar-refractivity contribution in [3.8, 4) is 0 Å². The molecule has 106 valence electrons.